The quantitative estimate of drug-likeness (QED) is 0.545. The summed E-state index contributed by atoms with van der Waals surface area (Å²) in [6.07, 6.45) is 10.1. The van der Waals surface area contributed by atoms with E-state index in [2.05, 4.69) is 78.9 Å². The van der Waals surface area contributed by atoms with Crippen molar-refractivity contribution in [3.63, 3.8) is 0 Å². The summed E-state index contributed by atoms with van der Waals surface area (Å²) in [7, 11) is 0. The fourth-order valence-electron chi connectivity index (χ4n) is 4.71. The van der Waals surface area contributed by atoms with E-state index in [4.69, 9.17) is 4.40 Å². The van der Waals surface area contributed by atoms with Gasteiger partial charge in [-0.1, -0.05) is 72.8 Å². The predicted octanol–water partition coefficient (Wildman–Crippen LogP) is 4.78. The number of benzene rings is 3. The zero-order valence-electron chi connectivity index (χ0n) is 16.3. The first-order valence-corrected chi connectivity index (χ1v) is 11.1. The normalized spacial score (nSPS) is 18.6. The van der Waals surface area contributed by atoms with Crippen LogP contribution < -0.4 is 10.4 Å². The first-order chi connectivity index (χ1) is 14.8. The molecule has 0 aromatic heterocycles. The van der Waals surface area contributed by atoms with Crippen LogP contribution in [0.15, 0.2) is 76.0 Å². The molecule has 0 radical (unpaired) electrons. The second-order valence-corrected chi connectivity index (χ2v) is 8.67. The molecule has 0 saturated heterocycles. The van der Waals surface area contributed by atoms with Crippen LogP contribution in [0.25, 0.3) is 18.2 Å². The Hall–Kier alpha value is -3.17. The highest BCUT2D eigenvalue weighted by atomic mass is 32.2. The van der Waals surface area contributed by atoms with Crippen molar-refractivity contribution in [1.82, 2.24) is 0 Å². The zero-order valence-corrected chi connectivity index (χ0v) is 17.2. The molecule has 3 aromatic rings. The number of hydrogen-bond donors (Lipinski definition) is 0. The average Bonchev–Trinajstić information content (AvgIpc) is 3.01. The minimum Gasteiger partial charge on any atom is -0.294 e. The van der Waals surface area contributed by atoms with Crippen molar-refractivity contribution in [3.05, 3.63) is 104 Å². The number of rotatable bonds is 1. The lowest BCUT2D eigenvalue weighted by molar-refractivity contribution is 0.0980. The lowest BCUT2D eigenvalue weighted by Gasteiger charge is -2.23. The highest BCUT2D eigenvalue weighted by molar-refractivity contribution is 7.98. The topological polar surface area (TPSA) is 29.4 Å². The molecule has 2 aliphatic carbocycles. The Bertz CT molecular complexity index is 1500. The summed E-state index contributed by atoms with van der Waals surface area (Å²) >= 11 is 1.52. The molecule has 144 valence electrons. The molecule has 6 rings (SSSR count). The number of Topliss-reactive ketones (excluding diaryl/α,β-unsaturated/α-hetero) is 1. The molecular formula is C27H19NOS. The smallest absolute Gasteiger partial charge is 0.164 e. The van der Waals surface area contributed by atoms with Crippen molar-refractivity contribution >= 4 is 41.7 Å². The molecule has 2 nitrogen and oxygen atoms in total. The summed E-state index contributed by atoms with van der Waals surface area (Å²) in [6.45, 7) is 0. The number of nitrogens with zero attached hydrogens (tertiary/aromatic N) is 1. The van der Waals surface area contributed by atoms with Gasteiger partial charge in [0.25, 0.3) is 0 Å². The third-order valence-corrected chi connectivity index (χ3v) is 6.99. The van der Waals surface area contributed by atoms with Crippen LogP contribution in [0.5, 0.6) is 0 Å². The van der Waals surface area contributed by atoms with Crippen LogP contribution in [0, 0.1) is 10.4 Å². The second kappa shape index (κ2) is 6.96. The number of hydrogen-bond acceptors (Lipinski definition) is 3. The largest absolute Gasteiger partial charge is 0.294 e. The molecule has 1 aliphatic heterocycles. The number of fused-ring (bicyclic) bond motifs is 5. The molecule has 0 N–H and O–H groups in total. The minimum atomic E-state index is -0.0432. The van der Waals surface area contributed by atoms with Gasteiger partial charge in [0.05, 0.1) is 5.71 Å². The van der Waals surface area contributed by atoms with E-state index in [-0.39, 0.29) is 11.7 Å². The summed E-state index contributed by atoms with van der Waals surface area (Å²) in [5, 5.41) is 4.62. The van der Waals surface area contributed by atoms with Crippen molar-refractivity contribution in [2.45, 2.75) is 23.7 Å². The monoisotopic (exact) mass is 405 g/mol. The van der Waals surface area contributed by atoms with Crippen LogP contribution in [-0.4, -0.2) is 11.5 Å². The van der Waals surface area contributed by atoms with Gasteiger partial charge in [-0.25, -0.2) is 4.40 Å². The maximum absolute atomic E-state index is 13.0. The molecule has 0 amide bonds. The van der Waals surface area contributed by atoms with Gasteiger partial charge in [0.1, 0.15) is 0 Å². The predicted molar refractivity (Wildman–Crippen MR) is 124 cm³/mol. The van der Waals surface area contributed by atoms with E-state index in [1.54, 1.807) is 0 Å². The second-order valence-electron chi connectivity index (χ2n) is 7.87. The Morgan fingerprint density at radius 2 is 1.73 bits per heavy atom. The Labute approximate surface area is 178 Å². The molecule has 1 unspecified atom stereocenters. The number of ketones is 1. The number of allylic oxidation sites excluding steroid dienone is 1. The van der Waals surface area contributed by atoms with E-state index < -0.39 is 0 Å². The van der Waals surface area contributed by atoms with E-state index in [0.717, 1.165) is 38.6 Å². The Balaban J connectivity index is 1.65. The Morgan fingerprint density at radius 3 is 2.70 bits per heavy atom. The van der Waals surface area contributed by atoms with E-state index in [9.17, 15) is 4.79 Å². The van der Waals surface area contributed by atoms with Gasteiger partial charge < -0.3 is 0 Å². The van der Waals surface area contributed by atoms with Gasteiger partial charge in [-0.15, -0.1) is 0 Å². The number of carbonyl (C=O) groups is 1. The third kappa shape index (κ3) is 2.73. The van der Waals surface area contributed by atoms with Crippen LogP contribution in [0.4, 0.5) is 0 Å². The highest BCUT2D eigenvalue weighted by Crippen LogP contribution is 2.34. The SMILES string of the molecule is O=C1CCC=c2ccc3c(c21)C(C1=NSc2ccccc2C=C1)C=c1ccccc1=3. The van der Waals surface area contributed by atoms with Gasteiger partial charge in [-0.2, -0.15) is 0 Å². The maximum atomic E-state index is 13.0. The first kappa shape index (κ1) is 17.7. The fourth-order valence-corrected chi connectivity index (χ4v) is 5.47. The maximum Gasteiger partial charge on any atom is 0.164 e. The van der Waals surface area contributed by atoms with E-state index in [1.807, 2.05) is 6.07 Å². The van der Waals surface area contributed by atoms with Crippen molar-refractivity contribution in [1.29, 1.82) is 0 Å². The van der Waals surface area contributed by atoms with Crippen molar-refractivity contribution < 1.29 is 4.79 Å². The van der Waals surface area contributed by atoms with Gasteiger partial charge in [-0.3, -0.25) is 4.79 Å². The molecule has 0 saturated carbocycles. The van der Waals surface area contributed by atoms with E-state index in [1.165, 1.54) is 27.9 Å². The highest BCUT2D eigenvalue weighted by Gasteiger charge is 2.27. The molecule has 1 atom stereocenters. The Morgan fingerprint density at radius 1 is 0.867 bits per heavy atom. The molecule has 0 bridgehead atoms. The molecule has 0 fully saturated rings. The summed E-state index contributed by atoms with van der Waals surface area (Å²) in [4.78, 5) is 14.2. The number of carbonyl (C=O) groups excluding carboxylic acids is 1. The minimum absolute atomic E-state index is 0.0432. The van der Waals surface area contributed by atoms with Crippen LogP contribution in [-0.2, 0) is 0 Å². The summed E-state index contributed by atoms with van der Waals surface area (Å²) < 4.78 is 4.93. The molecule has 3 heteroatoms. The van der Waals surface area contributed by atoms with Crippen molar-refractivity contribution in [3.8, 4) is 0 Å². The van der Waals surface area contributed by atoms with Gasteiger partial charge in [0, 0.05) is 34.7 Å². The van der Waals surface area contributed by atoms with Crippen LogP contribution in [0.1, 0.15) is 40.2 Å². The van der Waals surface area contributed by atoms with Crippen LogP contribution in [0.2, 0.25) is 0 Å². The average molecular weight is 406 g/mol. The van der Waals surface area contributed by atoms with Crippen molar-refractivity contribution in [2.24, 2.45) is 4.40 Å². The Kier molecular flexibility index (Phi) is 4.10. The molecule has 3 aromatic carbocycles. The zero-order chi connectivity index (χ0) is 20.1. The van der Waals surface area contributed by atoms with Gasteiger partial charge in [-0.05, 0) is 50.6 Å². The summed E-state index contributed by atoms with van der Waals surface area (Å²) in [5.41, 5.74) is 4.16. The van der Waals surface area contributed by atoms with E-state index >= 15 is 0 Å². The van der Waals surface area contributed by atoms with E-state index in [0.29, 0.717) is 6.42 Å². The molecule has 0 spiro atoms. The fraction of sp³-hybridized carbons (Fsp3) is 0.111. The molecular weight excluding hydrogens is 386 g/mol. The standard InChI is InChI=1S/C27H19NOS/c29-24-10-5-8-18-12-14-21-20-9-3-1-7-19(20)16-22(27(21)26(18)24)23-15-13-17-6-2-4-11-25(17)30-28-23/h1-4,6-9,11-16,22H,5,10H2. The van der Waals surface area contributed by atoms with Gasteiger partial charge in [0.15, 0.2) is 5.78 Å². The third-order valence-electron chi connectivity index (χ3n) is 6.12. The first-order valence-electron chi connectivity index (χ1n) is 10.3. The van der Waals surface area contributed by atoms with Crippen LogP contribution in [0.3, 0.4) is 0 Å². The summed E-state index contributed by atoms with van der Waals surface area (Å²) in [6, 6.07) is 21.1. The molecule has 1 heterocycles. The summed E-state index contributed by atoms with van der Waals surface area (Å²) in [5.74, 6) is 0.203. The van der Waals surface area contributed by atoms with Crippen molar-refractivity contribution in [2.75, 3.05) is 0 Å². The van der Waals surface area contributed by atoms with Gasteiger partial charge >= 0.3 is 0 Å². The lowest BCUT2D eigenvalue weighted by atomic mass is 9.80. The van der Waals surface area contributed by atoms with Gasteiger partial charge in [0.2, 0.25) is 0 Å². The molecule has 3 aliphatic rings. The van der Waals surface area contributed by atoms with Crippen LogP contribution >= 0.6 is 11.9 Å². The molecule has 30 heavy (non-hydrogen) atoms. The lowest BCUT2D eigenvalue weighted by Crippen LogP contribution is -2.28.